The van der Waals surface area contributed by atoms with Crippen molar-refractivity contribution in [3.05, 3.63) is 51.6 Å². The fourth-order valence-corrected chi connectivity index (χ4v) is 2.15. The Labute approximate surface area is 115 Å². The quantitative estimate of drug-likeness (QED) is 0.918. The topological polar surface area (TPSA) is 81.4 Å². The molecule has 2 aromatic rings. The van der Waals surface area contributed by atoms with Crippen LogP contribution in [0, 0.1) is 13.8 Å². The van der Waals surface area contributed by atoms with Gasteiger partial charge in [-0.3, -0.25) is 9.36 Å². The van der Waals surface area contributed by atoms with E-state index in [0.29, 0.717) is 22.8 Å². The summed E-state index contributed by atoms with van der Waals surface area (Å²) in [4.78, 5) is 27.4. The summed E-state index contributed by atoms with van der Waals surface area (Å²) in [7, 11) is 1.49. The lowest BCUT2D eigenvalue weighted by Crippen LogP contribution is -2.24. The van der Waals surface area contributed by atoms with E-state index in [-0.39, 0.29) is 11.1 Å². The van der Waals surface area contributed by atoms with Crippen LogP contribution in [-0.4, -0.2) is 27.7 Å². The highest BCUT2D eigenvalue weighted by atomic mass is 16.5. The minimum absolute atomic E-state index is 0.125. The number of ether oxygens (including phenoxy) is 1. The third-order valence-corrected chi connectivity index (χ3v) is 3.05. The number of hydrogen-bond acceptors (Lipinski definition) is 4. The number of hydrogen-bond donors (Lipinski definition) is 1. The van der Waals surface area contributed by atoms with Crippen LogP contribution in [0.15, 0.2) is 29.2 Å². The van der Waals surface area contributed by atoms with Crippen LogP contribution < -0.4 is 10.3 Å². The molecule has 0 unspecified atom stereocenters. The van der Waals surface area contributed by atoms with E-state index in [2.05, 4.69) is 4.98 Å². The highest BCUT2D eigenvalue weighted by Gasteiger charge is 2.16. The number of carboxylic acids is 1. The molecule has 104 valence electrons. The molecule has 1 N–H and O–H groups in total. The largest absolute Gasteiger partial charge is 0.481 e. The predicted octanol–water partition coefficient (Wildman–Crippen LogP) is 1.56. The SMILES string of the molecule is COc1ccc(-n2c(C)c(C(=O)O)c(C)cc2=O)cn1. The molecule has 2 aromatic heterocycles. The number of carboxylic acid groups (broad SMARTS) is 1. The van der Waals surface area contributed by atoms with Crippen molar-refractivity contribution in [3.8, 4) is 11.6 Å². The van der Waals surface area contributed by atoms with E-state index < -0.39 is 5.97 Å². The van der Waals surface area contributed by atoms with Gasteiger partial charge in [-0.05, 0) is 25.5 Å². The molecule has 6 nitrogen and oxygen atoms in total. The Morgan fingerprint density at radius 1 is 1.35 bits per heavy atom. The summed E-state index contributed by atoms with van der Waals surface area (Å²) in [5.41, 5.74) is 1.14. The summed E-state index contributed by atoms with van der Waals surface area (Å²) in [6, 6.07) is 4.57. The van der Waals surface area contributed by atoms with Gasteiger partial charge in [0.2, 0.25) is 5.88 Å². The van der Waals surface area contributed by atoms with E-state index in [0.717, 1.165) is 0 Å². The van der Waals surface area contributed by atoms with Crippen LogP contribution in [0.25, 0.3) is 5.69 Å². The molecule has 20 heavy (non-hydrogen) atoms. The molecule has 0 amide bonds. The number of nitrogens with zero attached hydrogens (tertiary/aromatic N) is 2. The maximum absolute atomic E-state index is 12.1. The maximum atomic E-state index is 12.1. The molecule has 6 heteroatoms. The monoisotopic (exact) mass is 274 g/mol. The van der Waals surface area contributed by atoms with Crippen LogP contribution >= 0.6 is 0 Å². The van der Waals surface area contributed by atoms with Gasteiger partial charge in [-0.1, -0.05) is 0 Å². The van der Waals surface area contributed by atoms with Crippen molar-refractivity contribution < 1.29 is 14.6 Å². The van der Waals surface area contributed by atoms with E-state index in [1.165, 1.54) is 23.9 Å². The van der Waals surface area contributed by atoms with Gasteiger partial charge in [0.05, 0.1) is 24.6 Å². The van der Waals surface area contributed by atoms with Crippen molar-refractivity contribution in [2.75, 3.05) is 7.11 Å². The van der Waals surface area contributed by atoms with E-state index in [1.807, 2.05) is 0 Å². The van der Waals surface area contributed by atoms with Crippen LogP contribution in [0.3, 0.4) is 0 Å². The van der Waals surface area contributed by atoms with Crippen LogP contribution in [0.1, 0.15) is 21.6 Å². The second-order valence-corrected chi connectivity index (χ2v) is 4.33. The lowest BCUT2D eigenvalue weighted by atomic mass is 10.1. The molecule has 0 saturated heterocycles. The van der Waals surface area contributed by atoms with Crippen molar-refractivity contribution in [2.24, 2.45) is 0 Å². The summed E-state index contributed by atoms with van der Waals surface area (Å²) in [6.07, 6.45) is 1.47. The molecule has 2 heterocycles. The normalized spacial score (nSPS) is 10.3. The number of methoxy groups -OCH3 is 1. The zero-order valence-corrected chi connectivity index (χ0v) is 11.4. The molecule has 0 fully saturated rings. The Kier molecular flexibility index (Phi) is 3.56. The van der Waals surface area contributed by atoms with Crippen molar-refractivity contribution in [3.63, 3.8) is 0 Å². The van der Waals surface area contributed by atoms with Crippen LogP contribution in [0.2, 0.25) is 0 Å². The highest BCUT2D eigenvalue weighted by molar-refractivity contribution is 5.90. The molecular formula is C14H14N2O4. The fourth-order valence-electron chi connectivity index (χ4n) is 2.15. The number of carbonyl (C=O) groups is 1. The standard InChI is InChI=1S/C14H14N2O4/c1-8-6-12(17)16(9(2)13(8)14(18)19)10-4-5-11(20-3)15-7-10/h4-7H,1-3H3,(H,18,19). The van der Waals surface area contributed by atoms with Crippen molar-refractivity contribution in [1.82, 2.24) is 9.55 Å². The second-order valence-electron chi connectivity index (χ2n) is 4.33. The van der Waals surface area contributed by atoms with Gasteiger partial charge in [0.25, 0.3) is 5.56 Å². The molecule has 0 radical (unpaired) electrons. The van der Waals surface area contributed by atoms with Crippen molar-refractivity contribution in [1.29, 1.82) is 0 Å². The number of aryl methyl sites for hydroxylation is 1. The Balaban J connectivity index is 2.70. The minimum Gasteiger partial charge on any atom is -0.481 e. The van der Waals surface area contributed by atoms with E-state index in [1.54, 1.807) is 26.0 Å². The predicted molar refractivity (Wildman–Crippen MR) is 72.8 cm³/mol. The zero-order chi connectivity index (χ0) is 14.9. The number of pyridine rings is 2. The van der Waals surface area contributed by atoms with Crippen molar-refractivity contribution >= 4 is 5.97 Å². The third-order valence-electron chi connectivity index (χ3n) is 3.05. The Morgan fingerprint density at radius 3 is 2.55 bits per heavy atom. The molecule has 0 bridgehead atoms. The molecule has 0 spiro atoms. The number of aromatic nitrogens is 2. The number of aromatic carboxylic acids is 1. The van der Waals surface area contributed by atoms with Crippen LogP contribution in [0.4, 0.5) is 0 Å². The van der Waals surface area contributed by atoms with E-state index in [4.69, 9.17) is 4.74 Å². The molecule has 0 aliphatic heterocycles. The Bertz CT molecular complexity index is 717. The first kappa shape index (κ1) is 13.8. The first-order chi connectivity index (χ1) is 9.45. The minimum atomic E-state index is -1.06. The van der Waals surface area contributed by atoms with Crippen LogP contribution in [0.5, 0.6) is 5.88 Å². The van der Waals surface area contributed by atoms with E-state index >= 15 is 0 Å². The Morgan fingerprint density at radius 2 is 2.05 bits per heavy atom. The van der Waals surface area contributed by atoms with Gasteiger partial charge in [0.15, 0.2) is 0 Å². The molecular weight excluding hydrogens is 260 g/mol. The molecule has 0 atom stereocenters. The van der Waals surface area contributed by atoms with Gasteiger partial charge in [0, 0.05) is 17.8 Å². The lowest BCUT2D eigenvalue weighted by molar-refractivity contribution is 0.0694. The molecule has 0 aliphatic rings. The summed E-state index contributed by atoms with van der Waals surface area (Å²) in [5, 5.41) is 9.24. The zero-order valence-electron chi connectivity index (χ0n) is 11.4. The summed E-state index contributed by atoms with van der Waals surface area (Å²) in [5.74, 6) is -0.639. The maximum Gasteiger partial charge on any atom is 0.337 e. The van der Waals surface area contributed by atoms with Gasteiger partial charge in [0.1, 0.15) is 0 Å². The summed E-state index contributed by atoms with van der Waals surface area (Å²) in [6.45, 7) is 3.20. The van der Waals surface area contributed by atoms with Crippen LogP contribution in [-0.2, 0) is 0 Å². The molecule has 2 rings (SSSR count). The summed E-state index contributed by atoms with van der Waals surface area (Å²) >= 11 is 0. The average Bonchev–Trinajstić information content (AvgIpc) is 2.38. The molecule has 0 aliphatic carbocycles. The number of rotatable bonds is 3. The average molecular weight is 274 g/mol. The summed E-state index contributed by atoms with van der Waals surface area (Å²) < 4.78 is 6.28. The van der Waals surface area contributed by atoms with E-state index in [9.17, 15) is 14.7 Å². The highest BCUT2D eigenvalue weighted by Crippen LogP contribution is 2.16. The Hall–Kier alpha value is -2.63. The van der Waals surface area contributed by atoms with Crippen molar-refractivity contribution in [2.45, 2.75) is 13.8 Å². The third kappa shape index (κ3) is 2.27. The lowest BCUT2D eigenvalue weighted by Gasteiger charge is -2.13. The van der Waals surface area contributed by atoms with Gasteiger partial charge >= 0.3 is 5.97 Å². The molecule has 0 saturated carbocycles. The second kappa shape index (κ2) is 5.16. The smallest absolute Gasteiger partial charge is 0.337 e. The van der Waals surface area contributed by atoms with Gasteiger partial charge in [-0.25, -0.2) is 9.78 Å². The van der Waals surface area contributed by atoms with Gasteiger partial charge < -0.3 is 9.84 Å². The van der Waals surface area contributed by atoms with Gasteiger partial charge in [-0.15, -0.1) is 0 Å². The van der Waals surface area contributed by atoms with Gasteiger partial charge in [-0.2, -0.15) is 0 Å². The first-order valence-corrected chi connectivity index (χ1v) is 5.92. The molecule has 0 aromatic carbocycles. The fraction of sp³-hybridized carbons (Fsp3) is 0.214. The first-order valence-electron chi connectivity index (χ1n) is 5.92.